The molecule has 0 aliphatic rings. The molecule has 0 rings (SSSR count). The molecule has 0 aromatic carbocycles. The van der Waals surface area contributed by atoms with E-state index in [9.17, 15) is 19.2 Å². The first-order chi connectivity index (χ1) is 9.86. The fourth-order valence-electron chi connectivity index (χ4n) is 0.309. The first kappa shape index (κ1) is 24.1. The monoisotopic (exact) mass is 315 g/mol. The van der Waals surface area contributed by atoms with Gasteiger partial charge in [0.15, 0.2) is 0 Å². The minimum Gasteiger partial charge on any atom is -0.478 e. The lowest BCUT2D eigenvalue weighted by Gasteiger charge is -2.06. The van der Waals surface area contributed by atoms with Crippen molar-refractivity contribution >= 4 is 23.7 Å². The van der Waals surface area contributed by atoms with E-state index < -0.39 is 29.9 Å². The molecule has 0 saturated heterocycles. The van der Waals surface area contributed by atoms with Gasteiger partial charge in [0.1, 0.15) is 0 Å². The van der Waals surface area contributed by atoms with Crippen molar-refractivity contribution < 1.29 is 29.4 Å². The van der Waals surface area contributed by atoms with Crippen LogP contribution in [-0.4, -0.2) is 40.1 Å². The number of hydrogen-bond donors (Lipinski definition) is 5. The molecule has 0 spiro atoms. The Bertz CT molecular complexity index is 458. The third-order valence-corrected chi connectivity index (χ3v) is 1.51. The minimum absolute atomic E-state index is 0.144. The van der Waals surface area contributed by atoms with E-state index in [2.05, 4.69) is 25.5 Å². The Hall–Kier alpha value is -2.94. The summed E-state index contributed by atoms with van der Waals surface area (Å²) in [6.45, 7) is 12.6. The molecule has 9 heteroatoms. The second kappa shape index (κ2) is 13.1. The molecule has 0 aliphatic carbocycles. The number of carboxylic acids is 1. The molecule has 0 saturated carbocycles. The van der Waals surface area contributed by atoms with E-state index >= 15 is 0 Å². The molecule has 0 aromatic heterocycles. The van der Waals surface area contributed by atoms with Gasteiger partial charge in [-0.2, -0.15) is 0 Å². The Morgan fingerprint density at radius 2 is 1.41 bits per heavy atom. The number of carbonyl (C=O) groups is 4. The molecular weight excluding hydrogens is 294 g/mol. The van der Waals surface area contributed by atoms with E-state index in [4.69, 9.17) is 15.9 Å². The van der Waals surface area contributed by atoms with Gasteiger partial charge in [-0.3, -0.25) is 14.4 Å². The van der Waals surface area contributed by atoms with Gasteiger partial charge in [-0.1, -0.05) is 19.7 Å². The van der Waals surface area contributed by atoms with E-state index in [1.807, 2.05) is 0 Å². The van der Waals surface area contributed by atoms with Crippen molar-refractivity contribution in [2.45, 2.75) is 20.1 Å². The van der Waals surface area contributed by atoms with Gasteiger partial charge in [-0.15, -0.1) is 0 Å². The Kier molecular flexibility index (Phi) is 14.3. The zero-order valence-electron chi connectivity index (χ0n) is 12.5. The molecule has 124 valence electrons. The highest BCUT2D eigenvalue weighted by molar-refractivity contribution is 5.94. The normalized spacial score (nSPS) is 9.41. The predicted molar refractivity (Wildman–Crippen MR) is 80.0 cm³/mol. The van der Waals surface area contributed by atoms with Crippen LogP contribution in [0.5, 0.6) is 0 Å². The minimum atomic E-state index is -1.86. The number of nitrogens with one attached hydrogen (secondary N) is 1. The summed E-state index contributed by atoms with van der Waals surface area (Å²) >= 11 is 0. The zero-order valence-corrected chi connectivity index (χ0v) is 12.5. The van der Waals surface area contributed by atoms with Gasteiger partial charge in [-0.25, -0.2) is 4.79 Å². The topological polar surface area (TPSA) is 173 Å². The first-order valence-corrected chi connectivity index (χ1v) is 5.61. The van der Waals surface area contributed by atoms with E-state index in [1.165, 1.54) is 6.92 Å². The van der Waals surface area contributed by atoms with Crippen LogP contribution in [0, 0.1) is 0 Å². The number of primary amides is 2. The highest BCUT2D eigenvalue weighted by Crippen LogP contribution is 1.87. The van der Waals surface area contributed by atoms with Gasteiger partial charge in [0, 0.05) is 11.1 Å². The van der Waals surface area contributed by atoms with Gasteiger partial charge in [0.05, 0.1) is 0 Å². The van der Waals surface area contributed by atoms with E-state index in [1.54, 1.807) is 12.2 Å². The highest BCUT2D eigenvalue weighted by Gasteiger charge is 2.15. The molecule has 1 atom stereocenters. The fraction of sp³-hybridized carbons (Fsp3) is 0.231. The molecule has 9 nitrogen and oxygen atoms in total. The summed E-state index contributed by atoms with van der Waals surface area (Å²) in [4.78, 5) is 39.9. The average Bonchev–Trinajstić information content (AvgIpc) is 2.39. The van der Waals surface area contributed by atoms with Crippen molar-refractivity contribution in [3.63, 3.8) is 0 Å². The molecule has 0 fully saturated rings. The van der Waals surface area contributed by atoms with Crippen LogP contribution in [-0.2, 0) is 19.2 Å². The van der Waals surface area contributed by atoms with Crippen LogP contribution in [0.25, 0.3) is 0 Å². The molecule has 0 radical (unpaired) electrons. The van der Waals surface area contributed by atoms with Crippen molar-refractivity contribution in [2.24, 2.45) is 11.5 Å². The van der Waals surface area contributed by atoms with Crippen molar-refractivity contribution in [1.29, 1.82) is 0 Å². The summed E-state index contributed by atoms with van der Waals surface area (Å²) in [5.74, 6) is -3.10. The summed E-state index contributed by atoms with van der Waals surface area (Å²) < 4.78 is 0. The Morgan fingerprint density at radius 3 is 1.55 bits per heavy atom. The number of nitrogens with two attached hydrogens (primary N) is 2. The smallest absolute Gasteiger partial charge is 0.353 e. The van der Waals surface area contributed by atoms with Gasteiger partial charge >= 0.3 is 5.97 Å². The van der Waals surface area contributed by atoms with Crippen LogP contribution in [0.3, 0.4) is 0 Å². The van der Waals surface area contributed by atoms with Crippen molar-refractivity contribution in [1.82, 2.24) is 5.32 Å². The lowest BCUT2D eigenvalue weighted by Crippen LogP contribution is -2.40. The number of carbonyl (C=O) groups excluding carboxylic acids is 3. The van der Waals surface area contributed by atoms with Crippen molar-refractivity contribution in [3.05, 3.63) is 37.0 Å². The summed E-state index contributed by atoms with van der Waals surface area (Å²) in [6.07, 6.45) is -0.806. The largest absolute Gasteiger partial charge is 0.478 e. The van der Waals surface area contributed by atoms with Crippen molar-refractivity contribution in [3.8, 4) is 0 Å². The SMILES string of the molecule is C=C(C)C(=O)NC(O)C(=O)O.C=C(C)C(N)=O.C=CC(N)=O. The quantitative estimate of drug-likeness (QED) is 0.314. The molecule has 7 N–H and O–H groups in total. The lowest BCUT2D eigenvalue weighted by atomic mass is 10.3. The number of carboxylic acid groups (broad SMARTS) is 1. The van der Waals surface area contributed by atoms with Crippen LogP contribution >= 0.6 is 0 Å². The summed E-state index contributed by atoms with van der Waals surface area (Å²) in [7, 11) is 0. The lowest BCUT2D eigenvalue weighted by molar-refractivity contribution is -0.150. The molecule has 22 heavy (non-hydrogen) atoms. The number of amides is 3. The van der Waals surface area contributed by atoms with Crippen molar-refractivity contribution in [2.75, 3.05) is 0 Å². The molecule has 3 amide bonds. The van der Waals surface area contributed by atoms with Gasteiger partial charge in [-0.05, 0) is 19.9 Å². The molecular formula is C13H21N3O6. The van der Waals surface area contributed by atoms with E-state index in [0.717, 1.165) is 6.08 Å². The Morgan fingerprint density at radius 1 is 1.09 bits per heavy atom. The number of aliphatic hydroxyl groups is 1. The third-order valence-electron chi connectivity index (χ3n) is 1.51. The predicted octanol–water partition coefficient (Wildman–Crippen LogP) is -1.21. The van der Waals surface area contributed by atoms with Gasteiger partial charge in [0.2, 0.25) is 23.9 Å². The maximum absolute atomic E-state index is 10.6. The molecule has 0 aliphatic heterocycles. The second-order valence-electron chi connectivity index (χ2n) is 3.75. The maximum atomic E-state index is 10.6. The molecule has 0 aromatic rings. The second-order valence-corrected chi connectivity index (χ2v) is 3.75. The first-order valence-electron chi connectivity index (χ1n) is 5.61. The standard InChI is InChI=1S/C6H9NO4.C4H7NO.C3H5NO/c1-3(2)4(8)7-5(9)6(10)11;1-3(2)4(5)6;1-2-3(4)5/h5,9H,1H2,2H3,(H,7,8)(H,10,11);1H2,2H3,(H2,5,6);2H,1H2,(H2,4,5). The number of hydrogen-bond acceptors (Lipinski definition) is 5. The molecule has 0 bridgehead atoms. The number of rotatable bonds is 5. The van der Waals surface area contributed by atoms with Gasteiger partial charge in [0.25, 0.3) is 0 Å². The van der Waals surface area contributed by atoms with Crippen LogP contribution in [0.4, 0.5) is 0 Å². The highest BCUT2D eigenvalue weighted by atomic mass is 16.4. The Balaban J connectivity index is -0.000000277. The van der Waals surface area contributed by atoms with E-state index in [0.29, 0.717) is 5.57 Å². The number of aliphatic carboxylic acids is 1. The number of aliphatic hydroxyl groups excluding tert-OH is 1. The van der Waals surface area contributed by atoms with E-state index in [-0.39, 0.29) is 5.57 Å². The maximum Gasteiger partial charge on any atom is 0.353 e. The van der Waals surface area contributed by atoms with Crippen LogP contribution in [0.1, 0.15) is 13.8 Å². The molecule has 1 unspecified atom stereocenters. The van der Waals surface area contributed by atoms with Crippen LogP contribution in [0.2, 0.25) is 0 Å². The molecule has 0 heterocycles. The zero-order chi connectivity index (χ0) is 18.5. The Labute approximate surface area is 128 Å². The fourth-order valence-corrected chi connectivity index (χ4v) is 0.309. The van der Waals surface area contributed by atoms with Gasteiger partial charge < -0.3 is 27.0 Å². The summed E-state index contributed by atoms with van der Waals surface area (Å²) in [5.41, 5.74) is 9.77. The third kappa shape index (κ3) is 19.4. The van der Waals surface area contributed by atoms with Crippen LogP contribution < -0.4 is 16.8 Å². The van der Waals surface area contributed by atoms with Crippen LogP contribution in [0.15, 0.2) is 37.0 Å². The summed E-state index contributed by atoms with van der Waals surface area (Å²) in [6, 6.07) is 0. The summed E-state index contributed by atoms with van der Waals surface area (Å²) in [5, 5.41) is 18.5. The average molecular weight is 315 g/mol.